The average molecular weight is 489 g/mol. The number of carbonyl (C=O) groups excluding carboxylic acids is 1. The molecule has 0 saturated carbocycles. The molecule has 3 rings (SSSR count). The number of hydrogen-bond acceptors (Lipinski definition) is 6. The lowest BCUT2D eigenvalue weighted by Crippen LogP contribution is -2.32. The summed E-state index contributed by atoms with van der Waals surface area (Å²) in [5, 5.41) is 11.6. The maximum atomic E-state index is 13.0. The topological polar surface area (TPSA) is 79.6 Å². The third-order valence-electron chi connectivity index (χ3n) is 4.32. The van der Waals surface area contributed by atoms with Crippen molar-refractivity contribution < 1.29 is 9.72 Å². The first-order valence-electron chi connectivity index (χ1n) is 9.28. The highest BCUT2D eigenvalue weighted by atomic mass is 79.9. The molecule has 2 aromatic carbocycles. The van der Waals surface area contributed by atoms with Crippen LogP contribution in [0.1, 0.15) is 12.0 Å². The van der Waals surface area contributed by atoms with Crippen LogP contribution < -0.4 is 4.90 Å². The van der Waals surface area contributed by atoms with Gasteiger partial charge in [0, 0.05) is 29.2 Å². The number of carbonyl (C=O) groups is 1. The zero-order valence-electron chi connectivity index (χ0n) is 16.6. The van der Waals surface area contributed by atoms with Crippen molar-refractivity contribution in [3.8, 4) is 0 Å². The number of aromatic nitrogens is 1. The van der Waals surface area contributed by atoms with Gasteiger partial charge in [-0.2, -0.15) is 0 Å². The molecule has 0 fully saturated rings. The van der Waals surface area contributed by atoms with Gasteiger partial charge in [0.2, 0.25) is 0 Å². The molecule has 156 valence electrons. The number of benzene rings is 2. The van der Waals surface area contributed by atoms with Crippen LogP contribution in [0.3, 0.4) is 0 Å². The molecule has 9 heteroatoms. The minimum Gasteiger partial charge on any atom is -0.309 e. The second kappa shape index (κ2) is 9.92. The van der Waals surface area contributed by atoms with E-state index in [9.17, 15) is 14.9 Å². The molecule has 7 nitrogen and oxygen atoms in total. The van der Waals surface area contributed by atoms with Gasteiger partial charge < -0.3 is 4.90 Å². The molecule has 1 heterocycles. The van der Waals surface area contributed by atoms with Crippen LogP contribution in [0.2, 0.25) is 0 Å². The minimum absolute atomic E-state index is 0.0100. The second-order valence-corrected chi connectivity index (χ2v) is 8.87. The van der Waals surface area contributed by atoms with E-state index >= 15 is 0 Å². The van der Waals surface area contributed by atoms with Gasteiger partial charge in [0.25, 0.3) is 11.6 Å². The minimum atomic E-state index is -0.452. The number of non-ortho nitro benzene ring substituents is 1. The summed E-state index contributed by atoms with van der Waals surface area (Å²) >= 11 is 4.93. The molecule has 1 aromatic heterocycles. The van der Waals surface area contributed by atoms with Gasteiger partial charge in [0.1, 0.15) is 0 Å². The largest absolute Gasteiger partial charge is 0.309 e. The van der Waals surface area contributed by atoms with Gasteiger partial charge in [-0.3, -0.25) is 19.8 Å². The van der Waals surface area contributed by atoms with Crippen molar-refractivity contribution in [1.29, 1.82) is 0 Å². The van der Waals surface area contributed by atoms with E-state index in [2.05, 4.69) is 25.8 Å². The van der Waals surface area contributed by atoms with Gasteiger partial charge >= 0.3 is 0 Å². The number of thiazole rings is 1. The fraction of sp³-hybridized carbons (Fsp3) is 0.238. The third-order valence-corrected chi connectivity index (χ3v) is 5.86. The zero-order valence-corrected chi connectivity index (χ0v) is 19.0. The van der Waals surface area contributed by atoms with Crippen LogP contribution in [0, 0.1) is 10.1 Å². The maximum absolute atomic E-state index is 13.0. The van der Waals surface area contributed by atoms with E-state index in [1.807, 2.05) is 32.3 Å². The van der Waals surface area contributed by atoms with E-state index in [0.717, 1.165) is 27.7 Å². The van der Waals surface area contributed by atoms with E-state index in [1.165, 1.54) is 29.5 Å². The molecule has 0 N–H and O–H groups in total. The number of amides is 1. The molecule has 0 unspecified atom stereocenters. The molecule has 1 amide bonds. The molecule has 0 aliphatic heterocycles. The number of nitrogens with zero attached hydrogens (tertiary/aromatic N) is 4. The first-order valence-corrected chi connectivity index (χ1v) is 10.9. The monoisotopic (exact) mass is 488 g/mol. The SMILES string of the molecule is CN(C)CCCN(C(=O)C=Cc1cccc([N+](=O)[O-])c1)c1nc2ccc(Br)cc2s1. The summed E-state index contributed by atoms with van der Waals surface area (Å²) in [6, 6.07) is 12.0. The summed E-state index contributed by atoms with van der Waals surface area (Å²) in [4.78, 5) is 31.9. The van der Waals surface area contributed by atoms with Crippen LogP contribution in [0.15, 0.2) is 53.0 Å². The molecule has 3 aromatic rings. The predicted molar refractivity (Wildman–Crippen MR) is 125 cm³/mol. The summed E-state index contributed by atoms with van der Waals surface area (Å²) in [7, 11) is 3.98. The summed E-state index contributed by atoms with van der Waals surface area (Å²) in [6.07, 6.45) is 3.83. The van der Waals surface area contributed by atoms with E-state index < -0.39 is 4.92 Å². The molecular weight excluding hydrogens is 468 g/mol. The predicted octanol–water partition coefficient (Wildman–Crippen LogP) is 4.97. The van der Waals surface area contributed by atoms with Crippen LogP contribution >= 0.6 is 27.3 Å². The molecule has 0 radical (unpaired) electrons. The molecular formula is C21H21BrN4O3S. The molecule has 0 bridgehead atoms. The number of fused-ring (bicyclic) bond motifs is 1. The highest BCUT2D eigenvalue weighted by molar-refractivity contribution is 9.10. The van der Waals surface area contributed by atoms with Crippen molar-refractivity contribution in [2.24, 2.45) is 0 Å². The molecule has 30 heavy (non-hydrogen) atoms. The standard InChI is InChI=1S/C21H21BrN4O3S/c1-24(2)11-4-12-25(21-23-18-9-8-16(22)14-19(18)30-21)20(27)10-7-15-5-3-6-17(13-15)26(28)29/h3,5-10,13-14H,4,11-12H2,1-2H3. The lowest BCUT2D eigenvalue weighted by molar-refractivity contribution is -0.384. The Morgan fingerprint density at radius 2 is 2.03 bits per heavy atom. The van der Waals surface area contributed by atoms with E-state index in [4.69, 9.17) is 0 Å². The fourth-order valence-electron chi connectivity index (χ4n) is 2.85. The van der Waals surface area contributed by atoms with Crippen LogP contribution in [0.4, 0.5) is 10.8 Å². The Kier molecular flexibility index (Phi) is 7.30. The lowest BCUT2D eigenvalue weighted by Gasteiger charge is -2.19. The van der Waals surface area contributed by atoms with Gasteiger partial charge in [-0.05, 0) is 56.9 Å². The van der Waals surface area contributed by atoms with Gasteiger partial charge in [0.05, 0.1) is 15.1 Å². The van der Waals surface area contributed by atoms with Gasteiger partial charge in [-0.25, -0.2) is 4.98 Å². The normalized spacial score (nSPS) is 11.5. The Bertz CT molecular complexity index is 1100. The first kappa shape index (κ1) is 22.1. The molecule has 0 aliphatic rings. The Balaban J connectivity index is 1.85. The van der Waals surface area contributed by atoms with E-state index in [0.29, 0.717) is 17.2 Å². The van der Waals surface area contributed by atoms with Gasteiger partial charge in [-0.1, -0.05) is 39.4 Å². The summed E-state index contributed by atoms with van der Waals surface area (Å²) < 4.78 is 1.95. The fourth-order valence-corrected chi connectivity index (χ4v) is 4.40. The third kappa shape index (κ3) is 5.71. The maximum Gasteiger partial charge on any atom is 0.270 e. The number of anilines is 1. The van der Waals surface area contributed by atoms with Crippen molar-refractivity contribution in [3.63, 3.8) is 0 Å². The zero-order chi connectivity index (χ0) is 21.7. The second-order valence-electron chi connectivity index (χ2n) is 6.94. The van der Waals surface area contributed by atoms with Crippen LogP contribution in [0.5, 0.6) is 0 Å². The van der Waals surface area contributed by atoms with Crippen LogP contribution in [-0.2, 0) is 4.79 Å². The summed E-state index contributed by atoms with van der Waals surface area (Å²) in [5.41, 5.74) is 1.43. The molecule has 0 saturated heterocycles. The average Bonchev–Trinajstić information content (AvgIpc) is 3.12. The van der Waals surface area contributed by atoms with Crippen LogP contribution in [-0.4, -0.2) is 47.9 Å². The van der Waals surface area contributed by atoms with E-state index in [-0.39, 0.29) is 11.6 Å². The molecule has 0 aliphatic carbocycles. The van der Waals surface area contributed by atoms with E-state index in [1.54, 1.807) is 23.1 Å². The molecule has 0 atom stereocenters. The Hall–Kier alpha value is -2.62. The van der Waals surface area contributed by atoms with Crippen molar-refractivity contribution >= 4 is 60.3 Å². The van der Waals surface area contributed by atoms with Gasteiger partial charge in [0.15, 0.2) is 5.13 Å². The van der Waals surface area contributed by atoms with Crippen molar-refractivity contribution in [2.45, 2.75) is 6.42 Å². The number of nitro groups is 1. The quantitative estimate of drug-likeness (QED) is 0.254. The van der Waals surface area contributed by atoms with Crippen molar-refractivity contribution in [3.05, 3.63) is 68.7 Å². The van der Waals surface area contributed by atoms with Gasteiger partial charge in [-0.15, -0.1) is 0 Å². The van der Waals surface area contributed by atoms with Crippen LogP contribution in [0.25, 0.3) is 16.3 Å². The Labute approximate surface area is 186 Å². The summed E-state index contributed by atoms with van der Waals surface area (Å²) in [6.45, 7) is 1.37. The Morgan fingerprint density at radius 3 is 2.77 bits per heavy atom. The number of rotatable bonds is 8. The van der Waals surface area contributed by atoms with Crippen molar-refractivity contribution in [1.82, 2.24) is 9.88 Å². The molecule has 0 spiro atoms. The number of nitro benzene ring substituents is 1. The number of halogens is 1. The highest BCUT2D eigenvalue weighted by Gasteiger charge is 2.18. The number of hydrogen-bond donors (Lipinski definition) is 0. The smallest absolute Gasteiger partial charge is 0.270 e. The first-order chi connectivity index (χ1) is 14.3. The van der Waals surface area contributed by atoms with Crippen molar-refractivity contribution in [2.75, 3.05) is 32.1 Å². The lowest BCUT2D eigenvalue weighted by atomic mass is 10.2. The highest BCUT2D eigenvalue weighted by Crippen LogP contribution is 2.31. The Morgan fingerprint density at radius 1 is 1.23 bits per heavy atom. The summed E-state index contributed by atoms with van der Waals surface area (Å²) in [5.74, 6) is -0.210.